The fraction of sp³-hybridized carbons (Fsp3) is 0.294. The van der Waals surface area contributed by atoms with Gasteiger partial charge in [-0.25, -0.2) is 4.98 Å². The molecule has 1 N–H and O–H groups in total. The molecule has 0 aliphatic rings. The van der Waals surface area contributed by atoms with Gasteiger partial charge in [0.25, 0.3) is 0 Å². The molecule has 0 aliphatic heterocycles. The molecule has 122 valence electrons. The van der Waals surface area contributed by atoms with Crippen molar-refractivity contribution in [3.05, 3.63) is 40.4 Å². The van der Waals surface area contributed by atoms with Crippen molar-refractivity contribution in [2.45, 2.75) is 20.8 Å². The number of hydrogen-bond acceptors (Lipinski definition) is 5. The molecule has 1 heterocycles. The summed E-state index contributed by atoms with van der Waals surface area (Å²) in [7, 11) is 3.19. The monoisotopic (exact) mass is 332 g/mol. The average Bonchev–Trinajstić information content (AvgIpc) is 2.83. The Hall–Kier alpha value is -2.34. The molecule has 0 aliphatic carbocycles. The highest BCUT2D eigenvalue weighted by Crippen LogP contribution is 2.30. The van der Waals surface area contributed by atoms with Gasteiger partial charge >= 0.3 is 0 Å². The van der Waals surface area contributed by atoms with E-state index >= 15 is 0 Å². The highest BCUT2D eigenvalue weighted by atomic mass is 32.1. The number of methoxy groups -OCH3 is 2. The summed E-state index contributed by atoms with van der Waals surface area (Å²) < 4.78 is 10.5. The number of hydrogen-bond donors (Lipinski definition) is 1. The first-order valence-electron chi connectivity index (χ1n) is 7.10. The Morgan fingerprint density at radius 1 is 1.26 bits per heavy atom. The number of carbonyl (C=O) groups is 1. The molecule has 2 rings (SSSR count). The lowest BCUT2D eigenvalue weighted by molar-refractivity contribution is -0.111. The topological polar surface area (TPSA) is 60.5 Å². The van der Waals surface area contributed by atoms with Gasteiger partial charge in [-0.3, -0.25) is 10.1 Å². The molecule has 2 aromatic rings. The Labute approximate surface area is 140 Å². The second kappa shape index (κ2) is 7.28. The summed E-state index contributed by atoms with van der Waals surface area (Å²) >= 11 is 1.46. The van der Waals surface area contributed by atoms with E-state index in [-0.39, 0.29) is 5.91 Å². The molecule has 23 heavy (non-hydrogen) atoms. The Kier molecular flexibility index (Phi) is 5.39. The van der Waals surface area contributed by atoms with Crippen molar-refractivity contribution in [3.8, 4) is 11.5 Å². The van der Waals surface area contributed by atoms with Gasteiger partial charge < -0.3 is 9.47 Å². The van der Waals surface area contributed by atoms with Crippen LogP contribution in [-0.2, 0) is 4.79 Å². The van der Waals surface area contributed by atoms with Crippen LogP contribution in [0.1, 0.15) is 23.1 Å². The standard InChI is InChI=1S/C17H20N2O3S/c1-10(14-7-6-13(21-4)9-15(14)22-5)8-16(20)19-17-18-11(2)12(3)23-17/h6-9H,1-5H3,(H,18,19,20)/b10-8+. The zero-order chi connectivity index (χ0) is 17.0. The van der Waals surface area contributed by atoms with Gasteiger partial charge in [-0.15, -0.1) is 11.3 Å². The SMILES string of the molecule is COc1ccc(/C(C)=C/C(=O)Nc2nc(C)c(C)s2)c(OC)c1. The average molecular weight is 332 g/mol. The molecule has 1 aromatic heterocycles. The number of benzene rings is 1. The van der Waals surface area contributed by atoms with E-state index in [4.69, 9.17) is 9.47 Å². The highest BCUT2D eigenvalue weighted by Gasteiger charge is 2.10. The van der Waals surface area contributed by atoms with Gasteiger partial charge in [-0.05, 0) is 38.5 Å². The third-order valence-corrected chi connectivity index (χ3v) is 4.43. The van der Waals surface area contributed by atoms with Crippen LogP contribution < -0.4 is 14.8 Å². The van der Waals surface area contributed by atoms with E-state index < -0.39 is 0 Å². The second-order valence-corrected chi connectivity index (χ2v) is 6.25. The van der Waals surface area contributed by atoms with Crippen LogP contribution >= 0.6 is 11.3 Å². The van der Waals surface area contributed by atoms with Gasteiger partial charge in [0.05, 0.1) is 19.9 Å². The van der Waals surface area contributed by atoms with E-state index in [2.05, 4.69) is 10.3 Å². The number of aryl methyl sites for hydroxylation is 2. The van der Waals surface area contributed by atoms with E-state index in [0.717, 1.165) is 21.7 Å². The maximum absolute atomic E-state index is 12.2. The molecule has 6 heteroatoms. The number of anilines is 1. The van der Waals surface area contributed by atoms with Gasteiger partial charge in [0, 0.05) is 22.6 Å². The molecular weight excluding hydrogens is 312 g/mol. The van der Waals surface area contributed by atoms with Crippen molar-refractivity contribution >= 4 is 27.9 Å². The largest absolute Gasteiger partial charge is 0.497 e. The number of nitrogens with zero attached hydrogens (tertiary/aromatic N) is 1. The van der Waals surface area contributed by atoms with E-state index in [9.17, 15) is 4.79 Å². The first-order chi connectivity index (χ1) is 10.9. The maximum atomic E-state index is 12.2. The van der Waals surface area contributed by atoms with E-state index in [0.29, 0.717) is 16.6 Å². The first kappa shape index (κ1) is 17.0. The number of aromatic nitrogens is 1. The summed E-state index contributed by atoms with van der Waals surface area (Å²) in [6, 6.07) is 5.49. The van der Waals surface area contributed by atoms with Crippen molar-refractivity contribution in [3.63, 3.8) is 0 Å². The Balaban J connectivity index is 2.19. The summed E-state index contributed by atoms with van der Waals surface area (Å²) in [4.78, 5) is 17.6. The van der Waals surface area contributed by atoms with Crippen LogP contribution in [0, 0.1) is 13.8 Å². The molecule has 0 saturated heterocycles. The van der Waals surface area contributed by atoms with E-state index in [1.807, 2.05) is 32.9 Å². The van der Waals surface area contributed by atoms with Crippen molar-refractivity contribution in [2.75, 3.05) is 19.5 Å². The van der Waals surface area contributed by atoms with Crippen LogP contribution in [0.4, 0.5) is 5.13 Å². The maximum Gasteiger partial charge on any atom is 0.250 e. The second-order valence-electron chi connectivity index (χ2n) is 5.04. The number of amides is 1. The number of rotatable bonds is 5. The van der Waals surface area contributed by atoms with Crippen LogP contribution in [0.5, 0.6) is 11.5 Å². The molecular formula is C17H20N2O3S. The normalized spacial score (nSPS) is 11.3. The molecule has 1 aromatic carbocycles. The third-order valence-electron chi connectivity index (χ3n) is 3.44. The fourth-order valence-electron chi connectivity index (χ4n) is 2.07. The predicted octanol–water partition coefficient (Wildman–Crippen LogP) is 3.82. The van der Waals surface area contributed by atoms with Gasteiger partial charge in [0.1, 0.15) is 11.5 Å². The lowest BCUT2D eigenvalue weighted by atomic mass is 10.1. The summed E-state index contributed by atoms with van der Waals surface area (Å²) in [6.45, 7) is 5.76. The number of allylic oxidation sites excluding steroid dienone is 1. The molecule has 0 unspecified atom stereocenters. The Morgan fingerprint density at radius 2 is 2.00 bits per heavy atom. The van der Waals surface area contributed by atoms with Gasteiger partial charge in [0.15, 0.2) is 5.13 Å². The Bertz CT molecular complexity index is 731. The van der Waals surface area contributed by atoms with Crippen molar-refractivity contribution in [1.29, 1.82) is 0 Å². The highest BCUT2D eigenvalue weighted by molar-refractivity contribution is 7.15. The zero-order valence-corrected chi connectivity index (χ0v) is 14.7. The van der Waals surface area contributed by atoms with Crippen LogP contribution in [0.25, 0.3) is 5.57 Å². The summed E-state index contributed by atoms with van der Waals surface area (Å²) in [5, 5.41) is 3.40. The number of carbonyl (C=O) groups excluding carboxylic acids is 1. The van der Waals surface area contributed by atoms with Crippen molar-refractivity contribution < 1.29 is 14.3 Å². The summed E-state index contributed by atoms with van der Waals surface area (Å²) in [5.74, 6) is 1.15. The van der Waals surface area contributed by atoms with Crippen LogP contribution in [0.2, 0.25) is 0 Å². The lowest BCUT2D eigenvalue weighted by Gasteiger charge is -2.10. The van der Waals surface area contributed by atoms with Crippen LogP contribution in [-0.4, -0.2) is 25.1 Å². The molecule has 0 fully saturated rings. The van der Waals surface area contributed by atoms with Gasteiger partial charge in [0.2, 0.25) is 5.91 Å². The van der Waals surface area contributed by atoms with E-state index in [1.54, 1.807) is 20.3 Å². The molecule has 0 saturated carbocycles. The van der Waals surface area contributed by atoms with Gasteiger partial charge in [-0.2, -0.15) is 0 Å². The van der Waals surface area contributed by atoms with Crippen molar-refractivity contribution in [1.82, 2.24) is 4.98 Å². The molecule has 0 radical (unpaired) electrons. The molecule has 0 atom stereocenters. The minimum Gasteiger partial charge on any atom is -0.497 e. The lowest BCUT2D eigenvalue weighted by Crippen LogP contribution is -2.08. The quantitative estimate of drug-likeness (QED) is 0.846. The zero-order valence-electron chi connectivity index (χ0n) is 13.9. The number of nitrogens with one attached hydrogen (secondary N) is 1. The van der Waals surface area contributed by atoms with Crippen LogP contribution in [0.3, 0.4) is 0 Å². The molecule has 0 spiro atoms. The van der Waals surface area contributed by atoms with E-state index in [1.165, 1.54) is 17.4 Å². The fourth-order valence-corrected chi connectivity index (χ4v) is 2.88. The first-order valence-corrected chi connectivity index (χ1v) is 7.92. The number of thiazole rings is 1. The van der Waals surface area contributed by atoms with Crippen molar-refractivity contribution in [2.24, 2.45) is 0 Å². The Morgan fingerprint density at radius 3 is 2.57 bits per heavy atom. The van der Waals surface area contributed by atoms with Crippen LogP contribution in [0.15, 0.2) is 24.3 Å². The summed E-state index contributed by atoms with van der Waals surface area (Å²) in [5.41, 5.74) is 2.57. The smallest absolute Gasteiger partial charge is 0.250 e. The third kappa shape index (κ3) is 4.10. The minimum absolute atomic E-state index is 0.214. The molecule has 1 amide bonds. The number of ether oxygens (including phenoxy) is 2. The van der Waals surface area contributed by atoms with Gasteiger partial charge in [-0.1, -0.05) is 0 Å². The minimum atomic E-state index is -0.214. The summed E-state index contributed by atoms with van der Waals surface area (Å²) in [6.07, 6.45) is 1.54. The molecule has 5 nitrogen and oxygen atoms in total. The predicted molar refractivity (Wildman–Crippen MR) is 93.4 cm³/mol. The molecule has 0 bridgehead atoms.